The monoisotopic (exact) mass is 439 g/mol. The molecule has 160 valence electrons. The van der Waals surface area contributed by atoms with Crippen molar-refractivity contribution in [1.29, 1.82) is 0 Å². The van der Waals surface area contributed by atoms with Crippen LogP contribution in [0, 0.1) is 5.82 Å². The minimum absolute atomic E-state index is 0.00908. The minimum Gasteiger partial charge on any atom is -0.491 e. The van der Waals surface area contributed by atoms with Crippen LogP contribution in [0.1, 0.15) is 10.4 Å². The van der Waals surface area contributed by atoms with E-state index in [-0.39, 0.29) is 5.56 Å². The molecule has 0 heterocycles. The first-order chi connectivity index (χ1) is 15.0. The minimum atomic E-state index is -0.565. The third-order valence-corrected chi connectivity index (χ3v) is 4.39. The molecule has 0 radical (unpaired) electrons. The maximum absolute atomic E-state index is 13.7. The van der Waals surface area contributed by atoms with Crippen molar-refractivity contribution < 1.29 is 18.7 Å². The summed E-state index contributed by atoms with van der Waals surface area (Å²) in [6.45, 7) is 1.01. The molecular formula is C23H22FN3O3S. The molecule has 6 nitrogen and oxygen atoms in total. The third-order valence-electron chi connectivity index (χ3n) is 4.19. The van der Waals surface area contributed by atoms with Crippen molar-refractivity contribution in [2.75, 3.05) is 36.3 Å². The number of benzene rings is 3. The molecule has 0 aliphatic heterocycles. The lowest BCUT2D eigenvalue weighted by Crippen LogP contribution is -2.19. The van der Waals surface area contributed by atoms with Crippen LogP contribution >= 0.6 is 12.2 Å². The summed E-state index contributed by atoms with van der Waals surface area (Å²) in [7, 11) is 1.62. The quantitative estimate of drug-likeness (QED) is 0.342. The number of rotatable bonds is 8. The third kappa shape index (κ3) is 6.77. The number of nitrogens with one attached hydrogen (secondary N) is 3. The number of carbonyl (C=O) groups excluding carboxylic acids is 1. The Kier molecular flexibility index (Phi) is 7.91. The fourth-order valence-corrected chi connectivity index (χ4v) is 2.89. The van der Waals surface area contributed by atoms with Gasteiger partial charge in [0.25, 0.3) is 5.91 Å². The van der Waals surface area contributed by atoms with E-state index < -0.39 is 11.7 Å². The van der Waals surface area contributed by atoms with Gasteiger partial charge in [0.15, 0.2) is 5.11 Å². The number of anilines is 3. The molecule has 0 saturated heterocycles. The van der Waals surface area contributed by atoms with Gasteiger partial charge in [-0.2, -0.15) is 0 Å². The Morgan fingerprint density at radius 1 is 0.839 bits per heavy atom. The largest absolute Gasteiger partial charge is 0.491 e. The lowest BCUT2D eigenvalue weighted by molar-refractivity contribution is 0.102. The second-order valence-corrected chi connectivity index (χ2v) is 6.86. The predicted octanol–water partition coefficient (Wildman–Crippen LogP) is 4.91. The fourth-order valence-electron chi connectivity index (χ4n) is 2.65. The number of methoxy groups -OCH3 is 1. The van der Waals surface area contributed by atoms with Crippen molar-refractivity contribution in [2.24, 2.45) is 0 Å². The molecule has 0 bridgehead atoms. The molecule has 0 atom stereocenters. The molecule has 0 aliphatic carbocycles. The van der Waals surface area contributed by atoms with Gasteiger partial charge in [-0.3, -0.25) is 4.79 Å². The molecule has 3 aromatic carbocycles. The number of hydrogen-bond acceptors (Lipinski definition) is 4. The van der Waals surface area contributed by atoms with Crippen molar-refractivity contribution >= 4 is 40.3 Å². The zero-order chi connectivity index (χ0) is 22.1. The highest BCUT2D eigenvalue weighted by atomic mass is 32.1. The summed E-state index contributed by atoms with van der Waals surface area (Å²) >= 11 is 5.34. The molecular weight excluding hydrogens is 417 g/mol. The zero-order valence-electron chi connectivity index (χ0n) is 16.9. The molecule has 0 unspecified atom stereocenters. The summed E-state index contributed by atoms with van der Waals surface area (Å²) in [6, 6.07) is 20.2. The van der Waals surface area contributed by atoms with Crippen LogP contribution in [-0.4, -0.2) is 31.3 Å². The van der Waals surface area contributed by atoms with Gasteiger partial charge in [-0.15, -0.1) is 0 Å². The van der Waals surface area contributed by atoms with Gasteiger partial charge in [0.2, 0.25) is 0 Å². The highest BCUT2D eigenvalue weighted by Gasteiger charge is 2.11. The van der Waals surface area contributed by atoms with Gasteiger partial charge in [0, 0.05) is 24.2 Å². The van der Waals surface area contributed by atoms with E-state index in [0.717, 1.165) is 17.1 Å². The molecule has 31 heavy (non-hydrogen) atoms. The van der Waals surface area contributed by atoms with Crippen LogP contribution in [0.25, 0.3) is 0 Å². The van der Waals surface area contributed by atoms with E-state index >= 15 is 0 Å². The van der Waals surface area contributed by atoms with Crippen LogP contribution in [0.2, 0.25) is 0 Å². The summed E-state index contributed by atoms with van der Waals surface area (Å²) in [4.78, 5) is 12.2. The van der Waals surface area contributed by atoms with E-state index in [1.807, 2.05) is 24.3 Å². The van der Waals surface area contributed by atoms with E-state index in [0.29, 0.717) is 24.0 Å². The fraction of sp³-hybridized carbons (Fsp3) is 0.130. The van der Waals surface area contributed by atoms with Crippen molar-refractivity contribution in [1.82, 2.24) is 0 Å². The van der Waals surface area contributed by atoms with Crippen molar-refractivity contribution in [3.8, 4) is 5.75 Å². The van der Waals surface area contributed by atoms with Crippen LogP contribution in [0.4, 0.5) is 21.5 Å². The molecule has 3 aromatic rings. The molecule has 0 aliphatic rings. The number of amides is 1. The predicted molar refractivity (Wildman–Crippen MR) is 124 cm³/mol. The van der Waals surface area contributed by atoms with Crippen LogP contribution in [-0.2, 0) is 4.74 Å². The Balaban J connectivity index is 1.50. The van der Waals surface area contributed by atoms with Crippen LogP contribution in [0.15, 0.2) is 72.8 Å². The SMILES string of the molecule is COCCOc1ccc(NC(=S)Nc2ccc(NC(=O)c3ccccc3F)cc2)cc1. The standard InChI is InChI=1S/C23H22FN3O3S/c1-29-14-15-30-19-12-10-18(11-13-19)27-23(31)26-17-8-6-16(7-9-17)25-22(28)20-4-2-3-5-21(20)24/h2-13H,14-15H2,1H3,(H,25,28)(H2,26,27,31). The summed E-state index contributed by atoms with van der Waals surface area (Å²) in [5.41, 5.74) is 2.08. The molecule has 3 rings (SSSR count). The van der Waals surface area contributed by atoms with Gasteiger partial charge in [0.05, 0.1) is 12.2 Å². The Morgan fingerprint density at radius 2 is 1.39 bits per heavy atom. The molecule has 0 fully saturated rings. The number of ether oxygens (including phenoxy) is 2. The van der Waals surface area contributed by atoms with Crippen LogP contribution in [0.5, 0.6) is 5.75 Å². The number of carbonyl (C=O) groups is 1. The highest BCUT2D eigenvalue weighted by molar-refractivity contribution is 7.80. The molecule has 0 saturated carbocycles. The molecule has 0 aromatic heterocycles. The molecule has 3 N–H and O–H groups in total. The van der Waals surface area contributed by atoms with Crippen molar-refractivity contribution in [2.45, 2.75) is 0 Å². The van der Waals surface area contributed by atoms with Gasteiger partial charge in [-0.1, -0.05) is 12.1 Å². The summed E-state index contributed by atoms with van der Waals surface area (Å²) in [6.07, 6.45) is 0. The maximum Gasteiger partial charge on any atom is 0.258 e. The average Bonchev–Trinajstić information content (AvgIpc) is 2.77. The van der Waals surface area contributed by atoms with E-state index in [1.54, 1.807) is 37.4 Å². The van der Waals surface area contributed by atoms with Crippen molar-refractivity contribution in [3.63, 3.8) is 0 Å². The Labute approximate surface area is 185 Å². The van der Waals surface area contributed by atoms with Gasteiger partial charge in [-0.05, 0) is 72.9 Å². The average molecular weight is 440 g/mol. The maximum atomic E-state index is 13.7. The van der Waals surface area contributed by atoms with E-state index in [9.17, 15) is 9.18 Å². The topological polar surface area (TPSA) is 71.6 Å². The normalized spacial score (nSPS) is 10.3. The van der Waals surface area contributed by atoms with Gasteiger partial charge >= 0.3 is 0 Å². The first-order valence-corrected chi connectivity index (χ1v) is 9.92. The van der Waals surface area contributed by atoms with Gasteiger partial charge in [-0.25, -0.2) is 4.39 Å². The Hall–Kier alpha value is -3.49. The second kappa shape index (κ2) is 11.1. The molecule has 8 heteroatoms. The van der Waals surface area contributed by atoms with E-state index in [1.165, 1.54) is 18.2 Å². The lowest BCUT2D eigenvalue weighted by Gasteiger charge is -2.12. The number of thiocarbonyl (C=S) groups is 1. The second-order valence-electron chi connectivity index (χ2n) is 6.46. The highest BCUT2D eigenvalue weighted by Crippen LogP contribution is 2.18. The Morgan fingerprint density at radius 3 is 1.97 bits per heavy atom. The van der Waals surface area contributed by atoms with Crippen LogP contribution in [0.3, 0.4) is 0 Å². The lowest BCUT2D eigenvalue weighted by atomic mass is 10.2. The number of halogens is 1. The van der Waals surface area contributed by atoms with E-state index in [2.05, 4.69) is 16.0 Å². The van der Waals surface area contributed by atoms with Crippen LogP contribution < -0.4 is 20.7 Å². The summed E-state index contributed by atoms with van der Waals surface area (Å²) in [5.74, 6) is -0.329. The first-order valence-electron chi connectivity index (χ1n) is 9.51. The van der Waals surface area contributed by atoms with Gasteiger partial charge in [0.1, 0.15) is 18.2 Å². The van der Waals surface area contributed by atoms with Gasteiger partial charge < -0.3 is 25.4 Å². The molecule has 1 amide bonds. The summed E-state index contributed by atoms with van der Waals surface area (Å²) in [5, 5.41) is 9.24. The zero-order valence-corrected chi connectivity index (χ0v) is 17.7. The molecule has 0 spiro atoms. The Bertz CT molecular complexity index is 1030. The summed E-state index contributed by atoms with van der Waals surface area (Å²) < 4.78 is 24.2. The smallest absolute Gasteiger partial charge is 0.258 e. The van der Waals surface area contributed by atoms with Crippen molar-refractivity contribution in [3.05, 3.63) is 84.2 Å². The first kappa shape index (κ1) is 22.2. The van der Waals surface area contributed by atoms with E-state index in [4.69, 9.17) is 21.7 Å². The number of hydrogen-bond donors (Lipinski definition) is 3.